The van der Waals surface area contributed by atoms with Crippen LogP contribution in [0.5, 0.6) is 0 Å². The van der Waals surface area contributed by atoms with Crippen molar-refractivity contribution in [2.45, 2.75) is 64.4 Å². The van der Waals surface area contributed by atoms with Gasteiger partial charge in [-0.05, 0) is 65.2 Å². The van der Waals surface area contributed by atoms with Crippen molar-refractivity contribution < 1.29 is 22.8 Å². The van der Waals surface area contributed by atoms with E-state index < -0.39 is 30.0 Å². The summed E-state index contributed by atoms with van der Waals surface area (Å²) in [5.74, 6) is -1.08. The summed E-state index contributed by atoms with van der Waals surface area (Å²) in [7, 11) is -0.736. The van der Waals surface area contributed by atoms with Gasteiger partial charge in [-0.3, -0.25) is 0 Å². The van der Waals surface area contributed by atoms with Crippen LogP contribution in [-0.4, -0.2) is 34.7 Å². The highest BCUT2D eigenvalue weighted by molar-refractivity contribution is 6.63. The van der Waals surface area contributed by atoms with Crippen molar-refractivity contribution in [3.63, 3.8) is 0 Å². The van der Waals surface area contributed by atoms with Gasteiger partial charge in [0, 0.05) is 23.8 Å². The van der Waals surface area contributed by atoms with E-state index in [2.05, 4.69) is 5.10 Å². The fourth-order valence-corrected chi connectivity index (χ4v) is 3.52. The van der Waals surface area contributed by atoms with Gasteiger partial charge in [0.25, 0.3) is 0 Å². The molecule has 0 amide bonds. The third kappa shape index (κ3) is 3.38. The molecule has 28 heavy (non-hydrogen) atoms. The minimum absolute atomic E-state index is 0.0827. The molecule has 1 unspecified atom stereocenters. The SMILES string of the molecule is CC1(C)OB(c2cn(C3CCCCO3)nc2-c2cc(F)ccc2F)OC1(C)C. The average Bonchev–Trinajstić information content (AvgIpc) is 3.17. The first-order chi connectivity index (χ1) is 13.2. The summed E-state index contributed by atoms with van der Waals surface area (Å²) in [6, 6.07) is 3.35. The Kier molecular flexibility index (Phi) is 4.84. The van der Waals surface area contributed by atoms with Crippen LogP contribution < -0.4 is 5.46 Å². The molecule has 2 aliphatic heterocycles. The van der Waals surface area contributed by atoms with Gasteiger partial charge in [-0.2, -0.15) is 5.10 Å². The Bertz CT molecular complexity index is 862. The average molecular weight is 390 g/mol. The van der Waals surface area contributed by atoms with Crippen LogP contribution in [0, 0.1) is 11.6 Å². The molecule has 1 aromatic heterocycles. The maximum absolute atomic E-state index is 14.5. The van der Waals surface area contributed by atoms with Crippen molar-refractivity contribution in [2.24, 2.45) is 0 Å². The quantitative estimate of drug-likeness (QED) is 0.748. The van der Waals surface area contributed by atoms with Crippen molar-refractivity contribution in [3.05, 3.63) is 36.0 Å². The molecule has 0 radical (unpaired) electrons. The minimum atomic E-state index is -0.736. The third-order valence-corrected chi connectivity index (χ3v) is 5.90. The molecule has 1 atom stereocenters. The van der Waals surface area contributed by atoms with Gasteiger partial charge in [0.05, 0.1) is 16.9 Å². The lowest BCUT2D eigenvalue weighted by molar-refractivity contribution is -0.0393. The van der Waals surface area contributed by atoms with E-state index in [1.165, 1.54) is 0 Å². The number of hydrogen-bond donors (Lipinski definition) is 0. The Morgan fingerprint density at radius 1 is 1.11 bits per heavy atom. The summed E-state index contributed by atoms with van der Waals surface area (Å²) in [5.41, 5.74) is -0.154. The second kappa shape index (κ2) is 6.93. The maximum atomic E-state index is 14.5. The highest BCUT2D eigenvalue weighted by atomic mass is 19.1. The van der Waals surface area contributed by atoms with Crippen molar-refractivity contribution in [1.29, 1.82) is 0 Å². The molecule has 1 aromatic carbocycles. The van der Waals surface area contributed by atoms with E-state index in [4.69, 9.17) is 14.0 Å². The Balaban J connectivity index is 1.80. The van der Waals surface area contributed by atoms with Gasteiger partial charge in [0.2, 0.25) is 0 Å². The molecule has 2 fully saturated rings. The van der Waals surface area contributed by atoms with Gasteiger partial charge in [-0.25, -0.2) is 13.5 Å². The van der Waals surface area contributed by atoms with Gasteiger partial charge in [0.1, 0.15) is 17.9 Å². The lowest BCUT2D eigenvalue weighted by atomic mass is 9.78. The molecule has 2 saturated heterocycles. The molecule has 2 aromatic rings. The highest BCUT2D eigenvalue weighted by Crippen LogP contribution is 2.37. The first-order valence-corrected chi connectivity index (χ1v) is 9.70. The van der Waals surface area contributed by atoms with E-state index in [0.717, 1.165) is 37.5 Å². The van der Waals surface area contributed by atoms with Crippen molar-refractivity contribution >= 4 is 12.6 Å². The number of nitrogens with zero attached hydrogens (tertiary/aromatic N) is 2. The smallest absolute Gasteiger partial charge is 0.399 e. The van der Waals surface area contributed by atoms with E-state index in [1.54, 1.807) is 10.9 Å². The summed E-state index contributed by atoms with van der Waals surface area (Å²) < 4.78 is 48.2. The molecule has 4 rings (SSSR count). The van der Waals surface area contributed by atoms with E-state index in [1.807, 2.05) is 27.7 Å². The van der Waals surface area contributed by atoms with Crippen LogP contribution in [0.15, 0.2) is 24.4 Å². The lowest BCUT2D eigenvalue weighted by Gasteiger charge is -2.32. The molecule has 0 spiro atoms. The summed E-state index contributed by atoms with van der Waals surface area (Å²) in [6.45, 7) is 8.45. The Hall–Kier alpha value is -1.77. The normalized spacial score (nSPS) is 23.9. The zero-order chi connectivity index (χ0) is 20.1. The molecule has 0 aliphatic carbocycles. The molecule has 2 aliphatic rings. The lowest BCUT2D eigenvalue weighted by Crippen LogP contribution is -2.41. The van der Waals surface area contributed by atoms with Crippen LogP contribution in [0.4, 0.5) is 8.78 Å². The maximum Gasteiger partial charge on any atom is 0.498 e. The van der Waals surface area contributed by atoms with Gasteiger partial charge >= 0.3 is 7.12 Å². The van der Waals surface area contributed by atoms with Gasteiger partial charge < -0.3 is 14.0 Å². The fourth-order valence-electron chi connectivity index (χ4n) is 3.52. The van der Waals surface area contributed by atoms with Crippen LogP contribution in [-0.2, 0) is 14.0 Å². The summed E-state index contributed by atoms with van der Waals surface area (Å²) in [5, 5.41) is 4.57. The van der Waals surface area contributed by atoms with Crippen LogP contribution in [0.2, 0.25) is 0 Å². The molecule has 8 heteroatoms. The molecule has 0 saturated carbocycles. The number of hydrogen-bond acceptors (Lipinski definition) is 4. The predicted octanol–water partition coefficient (Wildman–Crippen LogP) is 3.83. The highest BCUT2D eigenvalue weighted by Gasteiger charge is 2.53. The standard InChI is InChI=1S/C20H25BF2N2O3/c1-19(2)20(3,4)28-21(27-19)15-12-25(17-7-5-6-10-26-17)24-18(15)14-11-13(22)8-9-16(14)23/h8-9,11-12,17H,5-7,10H2,1-4H3. The first-order valence-electron chi connectivity index (χ1n) is 9.70. The molecule has 0 bridgehead atoms. The van der Waals surface area contributed by atoms with E-state index >= 15 is 0 Å². The second-order valence-corrected chi connectivity index (χ2v) is 8.45. The molecular weight excluding hydrogens is 365 g/mol. The van der Waals surface area contributed by atoms with Gasteiger partial charge in [0.15, 0.2) is 0 Å². The van der Waals surface area contributed by atoms with Crippen LogP contribution in [0.1, 0.15) is 53.2 Å². The molecular formula is C20H25BF2N2O3. The number of ether oxygens (including phenoxy) is 1. The van der Waals surface area contributed by atoms with Crippen molar-refractivity contribution in [1.82, 2.24) is 9.78 Å². The molecule has 0 N–H and O–H groups in total. The van der Waals surface area contributed by atoms with E-state index in [0.29, 0.717) is 17.8 Å². The molecule has 150 valence electrons. The fraction of sp³-hybridized carbons (Fsp3) is 0.550. The number of rotatable bonds is 3. The topological polar surface area (TPSA) is 45.5 Å². The van der Waals surface area contributed by atoms with E-state index in [9.17, 15) is 8.78 Å². The van der Waals surface area contributed by atoms with Crippen molar-refractivity contribution in [2.75, 3.05) is 6.61 Å². The first kappa shape index (κ1) is 19.5. The van der Waals surface area contributed by atoms with Crippen LogP contribution in [0.25, 0.3) is 11.3 Å². The van der Waals surface area contributed by atoms with Crippen molar-refractivity contribution in [3.8, 4) is 11.3 Å². The number of aromatic nitrogens is 2. The monoisotopic (exact) mass is 390 g/mol. The largest absolute Gasteiger partial charge is 0.498 e. The third-order valence-electron chi connectivity index (χ3n) is 5.90. The zero-order valence-electron chi connectivity index (χ0n) is 16.7. The van der Waals surface area contributed by atoms with Gasteiger partial charge in [-0.1, -0.05) is 0 Å². The summed E-state index contributed by atoms with van der Waals surface area (Å²) in [4.78, 5) is 0. The summed E-state index contributed by atoms with van der Waals surface area (Å²) in [6.07, 6.45) is 4.39. The minimum Gasteiger partial charge on any atom is -0.399 e. The number of halogens is 2. The zero-order valence-corrected chi connectivity index (χ0v) is 16.7. The number of benzene rings is 1. The summed E-state index contributed by atoms with van der Waals surface area (Å²) >= 11 is 0. The van der Waals surface area contributed by atoms with Gasteiger partial charge in [-0.15, -0.1) is 0 Å². The second-order valence-electron chi connectivity index (χ2n) is 8.45. The predicted molar refractivity (Wildman–Crippen MR) is 102 cm³/mol. The van der Waals surface area contributed by atoms with Crippen LogP contribution >= 0.6 is 0 Å². The Labute approximate surface area is 164 Å². The molecule has 3 heterocycles. The molecule has 5 nitrogen and oxygen atoms in total. The van der Waals surface area contributed by atoms with Crippen LogP contribution in [0.3, 0.4) is 0 Å². The Morgan fingerprint density at radius 2 is 1.82 bits per heavy atom. The Morgan fingerprint density at radius 3 is 2.46 bits per heavy atom. The van der Waals surface area contributed by atoms with E-state index in [-0.39, 0.29) is 11.8 Å².